The van der Waals surface area contributed by atoms with Crippen LogP contribution in [0, 0.1) is 5.92 Å². The van der Waals surface area contributed by atoms with Gasteiger partial charge in [0, 0.05) is 13.0 Å². The van der Waals surface area contributed by atoms with Gasteiger partial charge in [0.2, 0.25) is 0 Å². The summed E-state index contributed by atoms with van der Waals surface area (Å²) in [5.74, 6) is 0.249. The quantitative estimate of drug-likeness (QED) is 0.865. The van der Waals surface area contributed by atoms with Crippen LogP contribution in [0.2, 0.25) is 0 Å². The molecule has 2 atom stereocenters. The largest absolute Gasteiger partial charge is 0.481 e. The summed E-state index contributed by atoms with van der Waals surface area (Å²) in [7, 11) is 0. The third kappa shape index (κ3) is 4.64. The maximum Gasteiger partial charge on any atom is 0.303 e. The molecular formula is C17H25NO2. The molecule has 1 aliphatic rings. The van der Waals surface area contributed by atoms with Crippen molar-refractivity contribution < 1.29 is 9.90 Å². The number of likely N-dealkylation sites (tertiary alicyclic amines) is 1. The second-order valence-corrected chi connectivity index (χ2v) is 6.01. The summed E-state index contributed by atoms with van der Waals surface area (Å²) >= 11 is 0. The Morgan fingerprint density at radius 1 is 1.40 bits per heavy atom. The summed E-state index contributed by atoms with van der Waals surface area (Å²) in [6.45, 7) is 5.42. The van der Waals surface area contributed by atoms with Crippen molar-refractivity contribution in [2.45, 2.75) is 38.5 Å². The summed E-state index contributed by atoms with van der Waals surface area (Å²) in [4.78, 5) is 13.2. The Morgan fingerprint density at radius 2 is 2.15 bits per heavy atom. The zero-order chi connectivity index (χ0) is 14.4. The van der Waals surface area contributed by atoms with Crippen molar-refractivity contribution in [3.63, 3.8) is 0 Å². The Labute approximate surface area is 121 Å². The molecule has 0 aliphatic carbocycles. The Morgan fingerprint density at radius 3 is 2.85 bits per heavy atom. The number of aliphatic carboxylic acids is 1. The minimum Gasteiger partial charge on any atom is -0.481 e. The zero-order valence-electron chi connectivity index (χ0n) is 12.3. The molecule has 0 radical (unpaired) electrons. The molecule has 2 rings (SSSR count). The number of piperidine rings is 1. The number of hydrogen-bond donors (Lipinski definition) is 1. The first-order chi connectivity index (χ1) is 9.65. The molecule has 1 aromatic rings. The van der Waals surface area contributed by atoms with Crippen LogP contribution in [-0.4, -0.2) is 35.6 Å². The molecule has 0 spiro atoms. The van der Waals surface area contributed by atoms with Crippen molar-refractivity contribution in [1.29, 1.82) is 0 Å². The topological polar surface area (TPSA) is 40.5 Å². The minimum atomic E-state index is -0.658. The second-order valence-electron chi connectivity index (χ2n) is 6.01. The van der Waals surface area contributed by atoms with E-state index in [0.717, 1.165) is 38.9 Å². The van der Waals surface area contributed by atoms with Gasteiger partial charge < -0.3 is 10.0 Å². The summed E-state index contributed by atoms with van der Waals surface area (Å²) in [6, 6.07) is 10.6. The highest BCUT2D eigenvalue weighted by Gasteiger charge is 2.22. The number of benzene rings is 1. The number of carbonyl (C=O) groups is 1. The zero-order valence-corrected chi connectivity index (χ0v) is 12.3. The van der Waals surface area contributed by atoms with Gasteiger partial charge in [0.25, 0.3) is 0 Å². The summed E-state index contributed by atoms with van der Waals surface area (Å²) in [5, 5.41) is 8.90. The van der Waals surface area contributed by atoms with Crippen molar-refractivity contribution in [2.75, 3.05) is 19.6 Å². The van der Waals surface area contributed by atoms with Crippen LogP contribution in [-0.2, 0) is 4.79 Å². The van der Waals surface area contributed by atoms with E-state index in [-0.39, 0.29) is 0 Å². The highest BCUT2D eigenvalue weighted by atomic mass is 16.4. The SMILES string of the molecule is CC(CCN1CCCC(CC(=O)O)C1)c1ccccc1. The lowest BCUT2D eigenvalue weighted by Crippen LogP contribution is -2.37. The molecule has 0 bridgehead atoms. The predicted octanol–water partition coefficient (Wildman–Crippen LogP) is 3.37. The van der Waals surface area contributed by atoms with Crippen LogP contribution >= 0.6 is 0 Å². The highest BCUT2D eigenvalue weighted by Crippen LogP contribution is 2.23. The molecule has 0 saturated carbocycles. The molecule has 1 fully saturated rings. The summed E-state index contributed by atoms with van der Waals surface area (Å²) in [6.07, 6.45) is 3.67. The molecule has 0 aromatic heterocycles. The van der Waals surface area contributed by atoms with E-state index in [2.05, 4.69) is 42.2 Å². The van der Waals surface area contributed by atoms with Gasteiger partial charge in [0.15, 0.2) is 0 Å². The molecule has 110 valence electrons. The smallest absolute Gasteiger partial charge is 0.303 e. The fraction of sp³-hybridized carbons (Fsp3) is 0.588. The third-order valence-corrected chi connectivity index (χ3v) is 4.31. The van der Waals surface area contributed by atoms with Crippen LogP contribution in [0.25, 0.3) is 0 Å². The maximum atomic E-state index is 10.8. The molecule has 1 aliphatic heterocycles. The highest BCUT2D eigenvalue weighted by molar-refractivity contribution is 5.67. The Kier molecular flexibility index (Phi) is 5.60. The van der Waals surface area contributed by atoms with Crippen molar-refractivity contribution in [3.05, 3.63) is 35.9 Å². The molecule has 0 amide bonds. The second kappa shape index (κ2) is 7.44. The van der Waals surface area contributed by atoms with E-state index >= 15 is 0 Å². The monoisotopic (exact) mass is 275 g/mol. The van der Waals surface area contributed by atoms with Gasteiger partial charge in [-0.15, -0.1) is 0 Å². The van der Waals surface area contributed by atoms with E-state index < -0.39 is 5.97 Å². The third-order valence-electron chi connectivity index (χ3n) is 4.31. The van der Waals surface area contributed by atoms with E-state index in [9.17, 15) is 4.79 Å². The van der Waals surface area contributed by atoms with Crippen LogP contribution in [0.4, 0.5) is 0 Å². The van der Waals surface area contributed by atoms with E-state index in [1.54, 1.807) is 0 Å². The number of rotatable bonds is 6. The van der Waals surface area contributed by atoms with Crippen LogP contribution < -0.4 is 0 Å². The maximum absolute atomic E-state index is 10.8. The lowest BCUT2D eigenvalue weighted by Gasteiger charge is -2.32. The van der Waals surface area contributed by atoms with E-state index in [1.807, 2.05) is 0 Å². The molecule has 3 heteroatoms. The van der Waals surface area contributed by atoms with Gasteiger partial charge in [-0.2, -0.15) is 0 Å². The van der Waals surface area contributed by atoms with Crippen molar-refractivity contribution in [2.24, 2.45) is 5.92 Å². The minimum absolute atomic E-state index is 0.324. The number of nitrogens with zero attached hydrogens (tertiary/aromatic N) is 1. The molecular weight excluding hydrogens is 250 g/mol. The lowest BCUT2D eigenvalue weighted by molar-refractivity contribution is -0.138. The van der Waals surface area contributed by atoms with Crippen LogP contribution in [0.5, 0.6) is 0 Å². The van der Waals surface area contributed by atoms with Gasteiger partial charge in [-0.3, -0.25) is 4.79 Å². The van der Waals surface area contributed by atoms with Crippen molar-refractivity contribution >= 4 is 5.97 Å². The normalized spacial score (nSPS) is 21.6. The molecule has 1 N–H and O–H groups in total. The van der Waals surface area contributed by atoms with Gasteiger partial charge >= 0.3 is 5.97 Å². The van der Waals surface area contributed by atoms with E-state index in [4.69, 9.17) is 5.11 Å². The molecule has 20 heavy (non-hydrogen) atoms. The number of carboxylic acid groups (broad SMARTS) is 1. The van der Waals surface area contributed by atoms with Gasteiger partial charge in [-0.1, -0.05) is 37.3 Å². The molecule has 1 saturated heterocycles. The predicted molar refractivity (Wildman–Crippen MR) is 80.9 cm³/mol. The Hall–Kier alpha value is -1.35. The Bertz CT molecular complexity index is 418. The van der Waals surface area contributed by atoms with E-state index in [0.29, 0.717) is 18.3 Å². The van der Waals surface area contributed by atoms with Crippen molar-refractivity contribution in [1.82, 2.24) is 4.90 Å². The van der Waals surface area contributed by atoms with Gasteiger partial charge in [0.05, 0.1) is 0 Å². The first kappa shape index (κ1) is 15.0. The lowest BCUT2D eigenvalue weighted by atomic mass is 9.93. The first-order valence-corrected chi connectivity index (χ1v) is 7.64. The first-order valence-electron chi connectivity index (χ1n) is 7.64. The average Bonchev–Trinajstić information content (AvgIpc) is 2.45. The number of carboxylic acids is 1. The van der Waals surface area contributed by atoms with Gasteiger partial charge in [-0.25, -0.2) is 0 Å². The number of hydrogen-bond acceptors (Lipinski definition) is 2. The van der Waals surface area contributed by atoms with Gasteiger partial charge in [-0.05, 0) is 49.8 Å². The average molecular weight is 275 g/mol. The van der Waals surface area contributed by atoms with Gasteiger partial charge in [0.1, 0.15) is 0 Å². The van der Waals surface area contributed by atoms with Crippen molar-refractivity contribution in [3.8, 4) is 0 Å². The van der Waals surface area contributed by atoms with Crippen LogP contribution in [0.1, 0.15) is 44.1 Å². The fourth-order valence-corrected chi connectivity index (χ4v) is 3.09. The molecule has 2 unspecified atom stereocenters. The molecule has 1 aromatic carbocycles. The van der Waals surface area contributed by atoms with E-state index in [1.165, 1.54) is 5.56 Å². The molecule has 1 heterocycles. The standard InChI is InChI=1S/C17H25NO2/c1-14(16-7-3-2-4-8-16)9-11-18-10-5-6-15(13-18)12-17(19)20/h2-4,7-8,14-15H,5-6,9-13H2,1H3,(H,19,20). The van der Waals surface area contributed by atoms with Crippen LogP contribution in [0.3, 0.4) is 0 Å². The summed E-state index contributed by atoms with van der Waals surface area (Å²) < 4.78 is 0. The fourth-order valence-electron chi connectivity index (χ4n) is 3.09. The summed E-state index contributed by atoms with van der Waals surface area (Å²) in [5.41, 5.74) is 1.39. The molecule has 3 nitrogen and oxygen atoms in total. The Balaban J connectivity index is 1.77. The van der Waals surface area contributed by atoms with Crippen LogP contribution in [0.15, 0.2) is 30.3 Å².